The first-order chi connectivity index (χ1) is 12.5. The van der Waals surface area contributed by atoms with Crippen molar-refractivity contribution in [1.82, 2.24) is 10.6 Å². The van der Waals surface area contributed by atoms with Crippen LogP contribution in [0.25, 0.3) is 6.08 Å². The Morgan fingerprint density at radius 2 is 1.92 bits per heavy atom. The Labute approximate surface area is 159 Å². The maximum Gasteiger partial charge on any atom is 0.267 e. The molecule has 2 rings (SSSR count). The van der Waals surface area contributed by atoms with Crippen molar-refractivity contribution in [2.45, 2.75) is 13.3 Å². The monoisotopic (exact) mass is 415 g/mol. The Balaban J connectivity index is 2.30. The third kappa shape index (κ3) is 5.63. The summed E-state index contributed by atoms with van der Waals surface area (Å²) in [6.07, 6.45) is 2.28. The molecular weight excluding hydrogens is 398 g/mol. The van der Waals surface area contributed by atoms with Gasteiger partial charge in [0.2, 0.25) is 0 Å². The maximum absolute atomic E-state index is 12.5. The van der Waals surface area contributed by atoms with Crippen molar-refractivity contribution in [3.8, 4) is 0 Å². The van der Waals surface area contributed by atoms with Gasteiger partial charge in [-0.1, -0.05) is 41.1 Å². The van der Waals surface area contributed by atoms with E-state index in [4.69, 9.17) is 0 Å². The number of carbonyl (C=O) groups excluding carboxylic acids is 2. The zero-order chi connectivity index (χ0) is 18.9. The standard InChI is InChI=1S/C19H18BrN3O3/c1-2-9-21-19(25)17(11-13-5-3-8-16(10-13)23-26)22-18(24)14-6-4-7-15(20)12-14/h3-8,10-12H,2,9H2,1H3,(H,21,25)(H,22,24)/b17-11-. The molecular formula is C19H18BrN3O3. The smallest absolute Gasteiger partial charge is 0.267 e. The van der Waals surface area contributed by atoms with Gasteiger partial charge in [0.15, 0.2) is 0 Å². The minimum absolute atomic E-state index is 0.0893. The lowest BCUT2D eigenvalue weighted by Crippen LogP contribution is -2.35. The van der Waals surface area contributed by atoms with Gasteiger partial charge < -0.3 is 10.6 Å². The fraction of sp³-hybridized carbons (Fsp3) is 0.158. The molecule has 2 aromatic carbocycles. The van der Waals surface area contributed by atoms with Crippen LogP contribution in [0.1, 0.15) is 29.3 Å². The fourth-order valence-electron chi connectivity index (χ4n) is 2.15. The third-order valence-corrected chi connectivity index (χ3v) is 3.90. The van der Waals surface area contributed by atoms with Gasteiger partial charge >= 0.3 is 0 Å². The maximum atomic E-state index is 12.5. The van der Waals surface area contributed by atoms with Crippen molar-refractivity contribution in [2.24, 2.45) is 5.18 Å². The van der Waals surface area contributed by atoms with Crippen LogP contribution in [0.15, 0.2) is 63.9 Å². The Kier molecular flexibility index (Phi) is 7.23. The number of hydrogen-bond donors (Lipinski definition) is 2. The average molecular weight is 416 g/mol. The highest BCUT2D eigenvalue weighted by atomic mass is 79.9. The second-order valence-corrected chi connectivity index (χ2v) is 6.38. The highest BCUT2D eigenvalue weighted by Crippen LogP contribution is 2.16. The van der Waals surface area contributed by atoms with Gasteiger partial charge in [0, 0.05) is 16.6 Å². The molecule has 26 heavy (non-hydrogen) atoms. The van der Waals surface area contributed by atoms with Crippen LogP contribution in [0.4, 0.5) is 5.69 Å². The van der Waals surface area contributed by atoms with E-state index in [9.17, 15) is 14.5 Å². The fourth-order valence-corrected chi connectivity index (χ4v) is 2.55. The first-order valence-electron chi connectivity index (χ1n) is 8.03. The van der Waals surface area contributed by atoms with E-state index in [1.165, 1.54) is 12.1 Å². The summed E-state index contributed by atoms with van der Waals surface area (Å²) in [5.41, 5.74) is 1.33. The summed E-state index contributed by atoms with van der Waals surface area (Å²) in [7, 11) is 0. The predicted molar refractivity (Wildman–Crippen MR) is 105 cm³/mol. The summed E-state index contributed by atoms with van der Waals surface area (Å²) in [4.78, 5) is 35.6. The summed E-state index contributed by atoms with van der Waals surface area (Å²) in [5.74, 6) is -0.812. The van der Waals surface area contributed by atoms with Gasteiger partial charge in [-0.3, -0.25) is 9.59 Å². The Hall–Kier alpha value is -2.80. The molecule has 7 heteroatoms. The van der Waals surface area contributed by atoms with Crippen LogP contribution in [0.2, 0.25) is 0 Å². The highest BCUT2D eigenvalue weighted by Gasteiger charge is 2.14. The van der Waals surface area contributed by atoms with Crippen molar-refractivity contribution in [2.75, 3.05) is 6.54 Å². The van der Waals surface area contributed by atoms with Crippen molar-refractivity contribution >= 4 is 39.5 Å². The molecule has 0 aliphatic rings. The number of benzene rings is 2. The molecule has 0 heterocycles. The molecule has 0 aliphatic heterocycles. The summed E-state index contributed by atoms with van der Waals surface area (Å²) >= 11 is 3.32. The van der Waals surface area contributed by atoms with E-state index in [1.807, 2.05) is 6.92 Å². The summed E-state index contributed by atoms with van der Waals surface area (Å²) in [5, 5.41) is 8.25. The zero-order valence-corrected chi connectivity index (χ0v) is 15.7. The second-order valence-electron chi connectivity index (χ2n) is 5.46. The lowest BCUT2D eigenvalue weighted by molar-refractivity contribution is -0.117. The van der Waals surface area contributed by atoms with E-state index >= 15 is 0 Å². The van der Waals surface area contributed by atoms with Crippen LogP contribution in [0.3, 0.4) is 0 Å². The van der Waals surface area contributed by atoms with Gasteiger partial charge in [-0.2, -0.15) is 0 Å². The van der Waals surface area contributed by atoms with E-state index in [0.29, 0.717) is 17.7 Å². The molecule has 0 atom stereocenters. The van der Waals surface area contributed by atoms with Crippen molar-refractivity contribution in [3.05, 3.63) is 74.7 Å². The molecule has 2 N–H and O–H groups in total. The van der Waals surface area contributed by atoms with Crippen LogP contribution in [0.5, 0.6) is 0 Å². The molecule has 0 radical (unpaired) electrons. The highest BCUT2D eigenvalue weighted by molar-refractivity contribution is 9.10. The minimum Gasteiger partial charge on any atom is -0.351 e. The Bertz CT molecular complexity index is 849. The molecule has 0 unspecified atom stereocenters. The summed E-state index contributed by atoms with van der Waals surface area (Å²) in [6.45, 7) is 2.42. The number of nitroso groups, excluding NO2 is 1. The van der Waals surface area contributed by atoms with Gasteiger partial charge in [-0.25, -0.2) is 0 Å². The quantitative estimate of drug-likeness (QED) is 0.525. The summed E-state index contributed by atoms with van der Waals surface area (Å²) < 4.78 is 0.760. The largest absolute Gasteiger partial charge is 0.351 e. The molecule has 0 bridgehead atoms. The van der Waals surface area contributed by atoms with Crippen LogP contribution in [0, 0.1) is 4.91 Å². The van der Waals surface area contributed by atoms with Gasteiger partial charge in [-0.05, 0) is 53.6 Å². The number of rotatable bonds is 7. The van der Waals surface area contributed by atoms with Crippen LogP contribution >= 0.6 is 15.9 Å². The minimum atomic E-state index is -0.408. The number of carbonyl (C=O) groups is 2. The molecule has 0 saturated carbocycles. The van der Waals surface area contributed by atoms with Crippen molar-refractivity contribution < 1.29 is 9.59 Å². The Morgan fingerprint density at radius 1 is 1.15 bits per heavy atom. The van der Waals surface area contributed by atoms with Crippen LogP contribution < -0.4 is 10.6 Å². The third-order valence-electron chi connectivity index (χ3n) is 3.40. The van der Waals surface area contributed by atoms with Crippen molar-refractivity contribution in [3.63, 3.8) is 0 Å². The van der Waals surface area contributed by atoms with E-state index in [0.717, 1.165) is 10.9 Å². The number of amides is 2. The molecule has 0 spiro atoms. The topological polar surface area (TPSA) is 87.6 Å². The lowest BCUT2D eigenvalue weighted by atomic mass is 10.1. The molecule has 2 amide bonds. The van der Waals surface area contributed by atoms with Crippen LogP contribution in [-0.4, -0.2) is 18.4 Å². The Morgan fingerprint density at radius 3 is 2.62 bits per heavy atom. The van der Waals surface area contributed by atoms with E-state index in [2.05, 4.69) is 31.7 Å². The van der Waals surface area contributed by atoms with Crippen molar-refractivity contribution in [1.29, 1.82) is 0 Å². The SMILES string of the molecule is CCCNC(=O)/C(=C/c1cccc(N=O)c1)NC(=O)c1cccc(Br)c1. The van der Waals surface area contributed by atoms with Gasteiger partial charge in [0.25, 0.3) is 11.8 Å². The molecule has 2 aromatic rings. The van der Waals surface area contributed by atoms with E-state index in [1.54, 1.807) is 42.5 Å². The average Bonchev–Trinajstić information content (AvgIpc) is 2.65. The number of nitrogens with one attached hydrogen (secondary N) is 2. The molecule has 0 fully saturated rings. The lowest BCUT2D eigenvalue weighted by Gasteiger charge is -2.11. The molecule has 0 aromatic heterocycles. The summed E-state index contributed by atoms with van der Waals surface area (Å²) in [6, 6.07) is 13.3. The number of halogens is 1. The normalized spacial score (nSPS) is 10.9. The number of hydrogen-bond acceptors (Lipinski definition) is 4. The second kappa shape index (κ2) is 9.62. The molecule has 0 saturated heterocycles. The zero-order valence-electron chi connectivity index (χ0n) is 14.2. The van der Waals surface area contributed by atoms with Gasteiger partial charge in [-0.15, -0.1) is 4.91 Å². The first-order valence-corrected chi connectivity index (χ1v) is 8.83. The molecule has 134 valence electrons. The van der Waals surface area contributed by atoms with E-state index < -0.39 is 11.8 Å². The van der Waals surface area contributed by atoms with Gasteiger partial charge in [0.05, 0.1) is 0 Å². The molecule has 0 aliphatic carbocycles. The van der Waals surface area contributed by atoms with E-state index in [-0.39, 0.29) is 11.4 Å². The number of nitrogens with zero attached hydrogens (tertiary/aromatic N) is 1. The predicted octanol–water partition coefficient (Wildman–Crippen LogP) is 4.14. The first kappa shape index (κ1) is 19.5. The molecule has 6 nitrogen and oxygen atoms in total. The van der Waals surface area contributed by atoms with Crippen LogP contribution in [-0.2, 0) is 4.79 Å². The van der Waals surface area contributed by atoms with Gasteiger partial charge in [0.1, 0.15) is 11.4 Å².